The molecule has 0 atom stereocenters. The number of benzene rings is 3. The van der Waals surface area contributed by atoms with Crippen LogP contribution in [0.15, 0.2) is 72.8 Å². The number of amides is 2. The second-order valence-electron chi connectivity index (χ2n) is 5.85. The molecule has 0 fully saturated rings. The SMILES string of the molecule is O=C(Nc1cccc(C(=O)Nc2ccccc2C(=O)O)c1)c1cccc(I)c1. The third-order valence-corrected chi connectivity index (χ3v) is 4.55. The van der Waals surface area contributed by atoms with E-state index in [1.165, 1.54) is 18.2 Å². The molecule has 0 bridgehead atoms. The Balaban J connectivity index is 1.77. The van der Waals surface area contributed by atoms with Gasteiger partial charge in [0.1, 0.15) is 0 Å². The predicted molar refractivity (Wildman–Crippen MR) is 115 cm³/mol. The van der Waals surface area contributed by atoms with Gasteiger partial charge >= 0.3 is 5.97 Å². The molecular formula is C21H15IN2O4. The summed E-state index contributed by atoms with van der Waals surface area (Å²) < 4.78 is 0.940. The van der Waals surface area contributed by atoms with Crippen LogP contribution < -0.4 is 10.6 Å². The molecular weight excluding hydrogens is 471 g/mol. The molecule has 0 spiro atoms. The van der Waals surface area contributed by atoms with E-state index >= 15 is 0 Å². The first-order valence-electron chi connectivity index (χ1n) is 8.25. The molecule has 0 unspecified atom stereocenters. The Morgan fingerprint density at radius 1 is 0.750 bits per heavy atom. The minimum absolute atomic E-state index is 0.000937. The van der Waals surface area contributed by atoms with E-state index < -0.39 is 11.9 Å². The summed E-state index contributed by atoms with van der Waals surface area (Å²) in [6, 6.07) is 19.7. The summed E-state index contributed by atoms with van der Waals surface area (Å²) in [6.45, 7) is 0. The summed E-state index contributed by atoms with van der Waals surface area (Å²) in [7, 11) is 0. The van der Waals surface area contributed by atoms with Crippen LogP contribution in [0.3, 0.4) is 0 Å². The van der Waals surface area contributed by atoms with Gasteiger partial charge in [-0.25, -0.2) is 4.79 Å². The minimum Gasteiger partial charge on any atom is -0.478 e. The van der Waals surface area contributed by atoms with Gasteiger partial charge in [-0.2, -0.15) is 0 Å². The number of hydrogen-bond donors (Lipinski definition) is 3. The van der Waals surface area contributed by atoms with Crippen molar-refractivity contribution in [1.82, 2.24) is 0 Å². The largest absolute Gasteiger partial charge is 0.478 e. The highest BCUT2D eigenvalue weighted by molar-refractivity contribution is 14.1. The Morgan fingerprint density at radius 2 is 1.39 bits per heavy atom. The zero-order valence-corrected chi connectivity index (χ0v) is 16.6. The molecule has 0 aliphatic rings. The molecule has 3 rings (SSSR count). The highest BCUT2D eigenvalue weighted by Crippen LogP contribution is 2.18. The molecule has 3 N–H and O–H groups in total. The Morgan fingerprint density at radius 3 is 2.11 bits per heavy atom. The average Bonchev–Trinajstić information content (AvgIpc) is 2.68. The average molecular weight is 486 g/mol. The quantitative estimate of drug-likeness (QED) is 0.463. The lowest BCUT2D eigenvalue weighted by Gasteiger charge is -2.10. The lowest BCUT2D eigenvalue weighted by Crippen LogP contribution is -2.16. The second kappa shape index (κ2) is 8.66. The van der Waals surface area contributed by atoms with E-state index in [1.54, 1.807) is 48.5 Å². The number of nitrogens with one attached hydrogen (secondary N) is 2. The zero-order valence-electron chi connectivity index (χ0n) is 14.5. The molecule has 3 aromatic rings. The number of halogens is 1. The standard InChI is InChI=1S/C21H15IN2O4/c22-15-7-3-5-13(11-15)19(25)23-16-8-4-6-14(12-16)20(26)24-18-10-2-1-9-17(18)21(27)28/h1-12H,(H,23,25)(H,24,26)(H,27,28). The van der Waals surface area contributed by atoms with E-state index in [0.29, 0.717) is 16.8 Å². The number of hydrogen-bond acceptors (Lipinski definition) is 3. The van der Waals surface area contributed by atoms with Crippen molar-refractivity contribution in [2.24, 2.45) is 0 Å². The predicted octanol–water partition coefficient (Wildman–Crippen LogP) is 4.49. The Kier molecular flexibility index (Phi) is 6.05. The van der Waals surface area contributed by atoms with E-state index in [9.17, 15) is 19.5 Å². The van der Waals surface area contributed by atoms with Crippen molar-refractivity contribution in [3.63, 3.8) is 0 Å². The van der Waals surface area contributed by atoms with Crippen molar-refractivity contribution in [2.45, 2.75) is 0 Å². The molecule has 3 aromatic carbocycles. The minimum atomic E-state index is -1.13. The summed E-state index contributed by atoms with van der Waals surface area (Å²) in [6.07, 6.45) is 0. The Hall–Kier alpha value is -3.20. The third kappa shape index (κ3) is 4.74. The number of carbonyl (C=O) groups excluding carboxylic acids is 2. The molecule has 0 saturated carbocycles. The lowest BCUT2D eigenvalue weighted by atomic mass is 10.1. The zero-order chi connectivity index (χ0) is 20.1. The van der Waals surface area contributed by atoms with Gasteiger partial charge in [0.2, 0.25) is 0 Å². The topological polar surface area (TPSA) is 95.5 Å². The first kappa shape index (κ1) is 19.6. The van der Waals surface area contributed by atoms with Gasteiger partial charge in [-0.05, 0) is 71.1 Å². The number of aromatic carboxylic acids is 1. The molecule has 6 nitrogen and oxygen atoms in total. The Bertz CT molecular complexity index is 1070. The third-order valence-electron chi connectivity index (χ3n) is 3.88. The Labute approximate surface area is 174 Å². The van der Waals surface area contributed by atoms with Crippen molar-refractivity contribution in [2.75, 3.05) is 10.6 Å². The second-order valence-corrected chi connectivity index (χ2v) is 7.10. The molecule has 0 heterocycles. The summed E-state index contributed by atoms with van der Waals surface area (Å²) >= 11 is 2.13. The van der Waals surface area contributed by atoms with Crippen LogP contribution in [-0.2, 0) is 0 Å². The number of carbonyl (C=O) groups is 3. The van der Waals surface area contributed by atoms with E-state index in [4.69, 9.17) is 0 Å². The van der Waals surface area contributed by atoms with Crippen LogP contribution in [0.25, 0.3) is 0 Å². The molecule has 7 heteroatoms. The number of carboxylic acid groups (broad SMARTS) is 1. The van der Waals surface area contributed by atoms with Crippen molar-refractivity contribution >= 4 is 51.7 Å². The van der Waals surface area contributed by atoms with Crippen molar-refractivity contribution in [3.05, 3.63) is 93.1 Å². The first-order valence-corrected chi connectivity index (χ1v) is 9.32. The smallest absolute Gasteiger partial charge is 0.337 e. The van der Waals surface area contributed by atoms with Gasteiger partial charge in [0.15, 0.2) is 0 Å². The monoisotopic (exact) mass is 486 g/mol. The van der Waals surface area contributed by atoms with Crippen molar-refractivity contribution in [3.8, 4) is 0 Å². The van der Waals surface area contributed by atoms with Crippen LogP contribution in [0.1, 0.15) is 31.1 Å². The van der Waals surface area contributed by atoms with E-state index in [1.807, 2.05) is 6.07 Å². The van der Waals surface area contributed by atoms with E-state index in [2.05, 4.69) is 33.2 Å². The van der Waals surface area contributed by atoms with Gasteiger partial charge in [0.05, 0.1) is 11.3 Å². The fraction of sp³-hybridized carbons (Fsp3) is 0. The van der Waals surface area contributed by atoms with Crippen LogP contribution in [0, 0.1) is 3.57 Å². The molecule has 28 heavy (non-hydrogen) atoms. The maximum absolute atomic E-state index is 12.5. The summed E-state index contributed by atoms with van der Waals surface area (Å²) in [5.41, 5.74) is 1.47. The van der Waals surface area contributed by atoms with Gasteiger partial charge < -0.3 is 15.7 Å². The molecule has 0 saturated heterocycles. The van der Waals surface area contributed by atoms with Crippen LogP contribution >= 0.6 is 22.6 Å². The summed E-state index contributed by atoms with van der Waals surface area (Å²) in [4.78, 5) is 36.2. The van der Waals surface area contributed by atoms with Gasteiger partial charge in [0, 0.05) is 20.4 Å². The molecule has 2 amide bonds. The summed E-state index contributed by atoms with van der Waals surface area (Å²) in [5, 5.41) is 14.6. The van der Waals surface area contributed by atoms with Crippen LogP contribution in [0.2, 0.25) is 0 Å². The van der Waals surface area contributed by atoms with Crippen molar-refractivity contribution in [1.29, 1.82) is 0 Å². The fourth-order valence-corrected chi connectivity index (χ4v) is 3.09. The molecule has 0 radical (unpaired) electrons. The maximum atomic E-state index is 12.5. The van der Waals surface area contributed by atoms with Crippen LogP contribution in [0.4, 0.5) is 11.4 Å². The van der Waals surface area contributed by atoms with Gasteiger partial charge in [-0.15, -0.1) is 0 Å². The fourth-order valence-electron chi connectivity index (χ4n) is 2.54. The molecule has 140 valence electrons. The highest BCUT2D eigenvalue weighted by atomic mass is 127. The molecule has 0 aromatic heterocycles. The normalized spacial score (nSPS) is 10.2. The summed E-state index contributed by atoms with van der Waals surface area (Å²) in [5.74, 6) is -1.89. The number of anilines is 2. The van der Waals surface area contributed by atoms with Gasteiger partial charge in [0.25, 0.3) is 11.8 Å². The molecule has 0 aliphatic carbocycles. The van der Waals surface area contributed by atoms with Crippen LogP contribution in [-0.4, -0.2) is 22.9 Å². The first-order chi connectivity index (χ1) is 13.4. The number of rotatable bonds is 5. The van der Waals surface area contributed by atoms with E-state index in [-0.39, 0.29) is 17.2 Å². The van der Waals surface area contributed by atoms with E-state index in [0.717, 1.165) is 3.57 Å². The van der Waals surface area contributed by atoms with Gasteiger partial charge in [-0.3, -0.25) is 9.59 Å². The highest BCUT2D eigenvalue weighted by Gasteiger charge is 2.14. The van der Waals surface area contributed by atoms with Crippen molar-refractivity contribution < 1.29 is 19.5 Å². The van der Waals surface area contributed by atoms with Crippen LogP contribution in [0.5, 0.6) is 0 Å². The van der Waals surface area contributed by atoms with Gasteiger partial charge in [-0.1, -0.05) is 24.3 Å². The number of para-hydroxylation sites is 1. The lowest BCUT2D eigenvalue weighted by molar-refractivity contribution is 0.0697. The maximum Gasteiger partial charge on any atom is 0.337 e. The number of carboxylic acids is 1. The molecule has 0 aliphatic heterocycles.